The molecule has 0 saturated carbocycles. The standard InChI is InChI=1S/C25H23Cl2N5O/c1-18-23(25(27)32(30-18)16-19-5-7-22(26)8-6-19)9-10-24(33)29-14-20-3-2-4-21(13-20)15-31-12-11-28-17-31/h2-13,17H,14-16H2,1H3,(H,29,33)/b10-9+. The zero-order valence-electron chi connectivity index (χ0n) is 18.1. The van der Waals surface area contributed by atoms with Gasteiger partial charge in [0.15, 0.2) is 0 Å². The number of halogens is 2. The lowest BCUT2D eigenvalue weighted by Crippen LogP contribution is -2.20. The Hall–Kier alpha value is -3.35. The van der Waals surface area contributed by atoms with Crippen molar-refractivity contribution < 1.29 is 4.79 Å². The number of nitrogens with one attached hydrogen (secondary N) is 1. The average Bonchev–Trinajstić information content (AvgIpc) is 3.40. The third-order valence-corrected chi connectivity index (χ3v) is 5.79. The van der Waals surface area contributed by atoms with Crippen LogP contribution in [-0.4, -0.2) is 25.2 Å². The summed E-state index contributed by atoms with van der Waals surface area (Å²) in [4.78, 5) is 16.5. The fourth-order valence-electron chi connectivity index (χ4n) is 3.46. The molecule has 0 aliphatic carbocycles. The van der Waals surface area contributed by atoms with Gasteiger partial charge >= 0.3 is 0 Å². The van der Waals surface area contributed by atoms with E-state index in [0.29, 0.717) is 23.3 Å². The Labute approximate surface area is 202 Å². The second-order valence-corrected chi connectivity index (χ2v) is 8.47. The van der Waals surface area contributed by atoms with Crippen molar-refractivity contribution in [3.05, 3.63) is 111 Å². The fraction of sp³-hybridized carbons (Fsp3) is 0.160. The van der Waals surface area contributed by atoms with Crippen LogP contribution in [0.1, 0.15) is 27.9 Å². The number of carbonyl (C=O) groups is 1. The van der Waals surface area contributed by atoms with E-state index < -0.39 is 0 Å². The first-order valence-corrected chi connectivity index (χ1v) is 11.2. The minimum absolute atomic E-state index is 0.198. The molecule has 0 fully saturated rings. The van der Waals surface area contributed by atoms with Gasteiger partial charge in [0, 0.05) is 42.1 Å². The van der Waals surface area contributed by atoms with Crippen molar-refractivity contribution in [3.8, 4) is 0 Å². The Morgan fingerprint density at radius 2 is 1.85 bits per heavy atom. The highest BCUT2D eigenvalue weighted by Crippen LogP contribution is 2.22. The van der Waals surface area contributed by atoms with Gasteiger partial charge in [-0.2, -0.15) is 5.10 Å². The summed E-state index contributed by atoms with van der Waals surface area (Å²) < 4.78 is 3.71. The highest BCUT2D eigenvalue weighted by Gasteiger charge is 2.12. The van der Waals surface area contributed by atoms with Crippen LogP contribution < -0.4 is 5.32 Å². The molecule has 0 aliphatic rings. The average molecular weight is 480 g/mol. The van der Waals surface area contributed by atoms with Crippen LogP contribution in [0.3, 0.4) is 0 Å². The molecule has 168 valence electrons. The van der Waals surface area contributed by atoms with Gasteiger partial charge in [0.2, 0.25) is 5.91 Å². The first kappa shape index (κ1) is 22.8. The molecule has 0 spiro atoms. The maximum atomic E-state index is 12.4. The van der Waals surface area contributed by atoms with Crippen molar-refractivity contribution in [3.63, 3.8) is 0 Å². The van der Waals surface area contributed by atoms with Crippen molar-refractivity contribution >= 4 is 35.2 Å². The Morgan fingerprint density at radius 3 is 2.61 bits per heavy atom. The van der Waals surface area contributed by atoms with Crippen molar-refractivity contribution in [2.24, 2.45) is 0 Å². The number of imidazole rings is 1. The van der Waals surface area contributed by atoms with E-state index in [9.17, 15) is 4.79 Å². The molecule has 1 N–H and O–H groups in total. The molecule has 0 aliphatic heterocycles. The quantitative estimate of drug-likeness (QED) is 0.356. The molecule has 8 heteroatoms. The van der Waals surface area contributed by atoms with Gasteiger partial charge in [-0.1, -0.05) is 59.6 Å². The Morgan fingerprint density at radius 1 is 1.06 bits per heavy atom. The van der Waals surface area contributed by atoms with E-state index in [2.05, 4.69) is 27.5 Å². The van der Waals surface area contributed by atoms with Gasteiger partial charge in [-0.25, -0.2) is 9.67 Å². The van der Waals surface area contributed by atoms with E-state index in [0.717, 1.165) is 34.5 Å². The summed E-state index contributed by atoms with van der Waals surface area (Å²) in [6.45, 7) is 3.56. The molecule has 4 rings (SSSR count). The number of aromatic nitrogens is 4. The molecular formula is C25H23Cl2N5O. The summed E-state index contributed by atoms with van der Waals surface area (Å²) in [6, 6.07) is 15.6. The van der Waals surface area contributed by atoms with E-state index in [1.54, 1.807) is 23.3 Å². The van der Waals surface area contributed by atoms with Gasteiger partial charge in [0.05, 0.1) is 18.6 Å². The zero-order chi connectivity index (χ0) is 23.2. The van der Waals surface area contributed by atoms with Gasteiger partial charge in [-0.3, -0.25) is 4.79 Å². The van der Waals surface area contributed by atoms with Crippen molar-refractivity contribution in [2.45, 2.75) is 26.6 Å². The lowest BCUT2D eigenvalue weighted by molar-refractivity contribution is -0.116. The van der Waals surface area contributed by atoms with Gasteiger partial charge in [-0.05, 0) is 41.8 Å². The molecule has 0 unspecified atom stereocenters. The molecule has 0 saturated heterocycles. The highest BCUT2D eigenvalue weighted by atomic mass is 35.5. The van der Waals surface area contributed by atoms with Crippen molar-refractivity contribution in [1.82, 2.24) is 24.6 Å². The molecule has 2 heterocycles. The van der Waals surface area contributed by atoms with E-state index in [-0.39, 0.29) is 5.91 Å². The number of rotatable bonds is 8. The van der Waals surface area contributed by atoms with Gasteiger partial charge in [0.25, 0.3) is 0 Å². The van der Waals surface area contributed by atoms with Gasteiger partial charge in [0.1, 0.15) is 5.15 Å². The summed E-state index contributed by atoms with van der Waals surface area (Å²) >= 11 is 12.5. The largest absolute Gasteiger partial charge is 0.348 e. The topological polar surface area (TPSA) is 64.7 Å². The van der Waals surface area contributed by atoms with Crippen LogP contribution in [-0.2, 0) is 24.4 Å². The maximum absolute atomic E-state index is 12.4. The molecule has 0 atom stereocenters. The van der Waals surface area contributed by atoms with Crippen LogP contribution in [0.2, 0.25) is 10.2 Å². The zero-order valence-corrected chi connectivity index (χ0v) is 19.6. The van der Waals surface area contributed by atoms with E-state index in [1.807, 2.05) is 54.1 Å². The lowest BCUT2D eigenvalue weighted by atomic mass is 10.1. The highest BCUT2D eigenvalue weighted by molar-refractivity contribution is 6.31. The summed E-state index contributed by atoms with van der Waals surface area (Å²) in [6.07, 6.45) is 8.64. The van der Waals surface area contributed by atoms with Gasteiger partial charge in [-0.15, -0.1) is 0 Å². The Bertz CT molecular complexity index is 1260. The third-order valence-electron chi connectivity index (χ3n) is 5.14. The second-order valence-electron chi connectivity index (χ2n) is 7.68. The fourth-order valence-corrected chi connectivity index (χ4v) is 3.88. The number of carbonyl (C=O) groups excluding carboxylic acids is 1. The van der Waals surface area contributed by atoms with Crippen LogP contribution in [0.4, 0.5) is 0 Å². The molecule has 1 amide bonds. The van der Waals surface area contributed by atoms with Crippen LogP contribution in [0.5, 0.6) is 0 Å². The predicted octanol–water partition coefficient (Wildman–Crippen LogP) is 5.12. The summed E-state index contributed by atoms with van der Waals surface area (Å²) in [7, 11) is 0. The number of nitrogens with zero attached hydrogens (tertiary/aromatic N) is 4. The number of hydrogen-bond acceptors (Lipinski definition) is 3. The molecule has 6 nitrogen and oxygen atoms in total. The van der Waals surface area contributed by atoms with E-state index in [4.69, 9.17) is 23.2 Å². The van der Waals surface area contributed by atoms with Crippen LogP contribution >= 0.6 is 23.2 Å². The van der Waals surface area contributed by atoms with Gasteiger partial charge < -0.3 is 9.88 Å². The lowest BCUT2D eigenvalue weighted by Gasteiger charge is -2.07. The third kappa shape index (κ3) is 6.12. The second kappa shape index (κ2) is 10.5. The SMILES string of the molecule is Cc1nn(Cc2ccc(Cl)cc2)c(Cl)c1/C=C/C(=O)NCc1cccc(Cn2ccnc2)c1. The summed E-state index contributed by atoms with van der Waals surface area (Å²) in [5.41, 5.74) is 4.69. The minimum atomic E-state index is -0.198. The predicted molar refractivity (Wildman–Crippen MR) is 131 cm³/mol. The molecule has 4 aromatic rings. The van der Waals surface area contributed by atoms with Crippen molar-refractivity contribution in [1.29, 1.82) is 0 Å². The molecule has 0 radical (unpaired) electrons. The number of hydrogen-bond donors (Lipinski definition) is 1. The molecule has 2 aromatic carbocycles. The van der Waals surface area contributed by atoms with Crippen molar-refractivity contribution in [2.75, 3.05) is 0 Å². The smallest absolute Gasteiger partial charge is 0.244 e. The summed E-state index contributed by atoms with van der Waals surface area (Å²) in [5, 5.41) is 8.59. The molecule has 0 bridgehead atoms. The molecule has 33 heavy (non-hydrogen) atoms. The monoisotopic (exact) mass is 479 g/mol. The van der Waals surface area contributed by atoms with E-state index in [1.165, 1.54) is 6.08 Å². The normalized spacial score (nSPS) is 11.2. The number of benzene rings is 2. The molecular weight excluding hydrogens is 457 g/mol. The van der Waals surface area contributed by atoms with Crippen LogP contribution in [0.25, 0.3) is 6.08 Å². The minimum Gasteiger partial charge on any atom is -0.348 e. The Kier molecular flexibility index (Phi) is 7.27. The number of aryl methyl sites for hydroxylation is 1. The Balaban J connectivity index is 1.36. The maximum Gasteiger partial charge on any atom is 0.244 e. The molecule has 2 aromatic heterocycles. The van der Waals surface area contributed by atoms with E-state index >= 15 is 0 Å². The van der Waals surface area contributed by atoms with Crippen LogP contribution in [0, 0.1) is 6.92 Å². The van der Waals surface area contributed by atoms with Crippen LogP contribution in [0.15, 0.2) is 73.3 Å². The summed E-state index contributed by atoms with van der Waals surface area (Å²) in [5.74, 6) is -0.198. The first-order valence-electron chi connectivity index (χ1n) is 10.4. The number of amides is 1. The first-order chi connectivity index (χ1) is 16.0.